The number of ether oxygens (including phenoxy) is 1. The first-order valence-corrected chi connectivity index (χ1v) is 2.73. The second-order valence-electron chi connectivity index (χ2n) is 1.57. The highest BCUT2D eigenvalue weighted by molar-refractivity contribution is 5.98. The quantitative estimate of drug-likeness (QED) is 0.498. The average molecular weight is 160 g/mol. The lowest BCUT2D eigenvalue weighted by atomic mass is 10.6. The number of urea groups is 1. The topological polar surface area (TPSA) is 84.5 Å². The molecule has 0 radical (unpaired) electrons. The van der Waals surface area contributed by atoms with Gasteiger partial charge in [0.05, 0.1) is 0 Å². The van der Waals surface area contributed by atoms with E-state index in [0.717, 1.165) is 0 Å². The maximum Gasteiger partial charge on any atom is 0.327 e. The van der Waals surface area contributed by atoms with Crippen LogP contribution in [0.4, 0.5) is 4.79 Å². The number of hydrogen-bond acceptors (Lipinski definition) is 4. The molecule has 11 heavy (non-hydrogen) atoms. The van der Waals surface area contributed by atoms with Crippen LogP contribution in [0.3, 0.4) is 0 Å². The van der Waals surface area contributed by atoms with Gasteiger partial charge in [0.1, 0.15) is 6.61 Å². The lowest BCUT2D eigenvalue weighted by Gasteiger charge is -1.99. The maximum absolute atomic E-state index is 10.5. The molecule has 62 valence electrons. The first-order valence-electron chi connectivity index (χ1n) is 2.73. The first-order chi connectivity index (χ1) is 5.20. The van der Waals surface area contributed by atoms with E-state index >= 15 is 0 Å². The standard InChI is InChI=1S/C5H8N2O4/c1-11-2-4(9)7-5(10)6-3-8/h3H,2H2,1H3,(H2,6,7,8,9,10). The van der Waals surface area contributed by atoms with Gasteiger partial charge in [-0.3, -0.25) is 20.2 Å². The molecule has 0 spiro atoms. The van der Waals surface area contributed by atoms with E-state index < -0.39 is 11.9 Å². The van der Waals surface area contributed by atoms with E-state index in [1.165, 1.54) is 7.11 Å². The summed E-state index contributed by atoms with van der Waals surface area (Å²) in [5.74, 6) is -0.605. The minimum absolute atomic E-state index is 0.176. The van der Waals surface area contributed by atoms with Crippen molar-refractivity contribution in [2.45, 2.75) is 0 Å². The zero-order valence-electron chi connectivity index (χ0n) is 5.92. The molecule has 0 aliphatic rings. The smallest absolute Gasteiger partial charge is 0.327 e. The lowest BCUT2D eigenvalue weighted by molar-refractivity contribution is -0.123. The monoisotopic (exact) mass is 160 g/mol. The average Bonchev–Trinajstić information content (AvgIpc) is 1.87. The number of carbonyl (C=O) groups is 3. The van der Waals surface area contributed by atoms with Crippen molar-refractivity contribution < 1.29 is 19.1 Å². The zero-order valence-corrected chi connectivity index (χ0v) is 5.92. The molecule has 4 amide bonds. The predicted octanol–water partition coefficient (Wildman–Crippen LogP) is -1.38. The third kappa shape index (κ3) is 5.04. The Morgan fingerprint density at radius 3 is 2.64 bits per heavy atom. The summed E-state index contributed by atoms with van der Waals surface area (Å²) in [6.07, 6.45) is 0.176. The molecule has 6 heteroatoms. The number of imide groups is 2. The van der Waals surface area contributed by atoms with Crippen molar-refractivity contribution in [2.75, 3.05) is 13.7 Å². The fraction of sp³-hybridized carbons (Fsp3) is 0.400. The second kappa shape index (κ2) is 5.36. The Kier molecular flexibility index (Phi) is 4.67. The van der Waals surface area contributed by atoms with Crippen LogP contribution >= 0.6 is 0 Å². The molecule has 6 nitrogen and oxygen atoms in total. The van der Waals surface area contributed by atoms with E-state index in [2.05, 4.69) is 4.74 Å². The maximum atomic E-state index is 10.5. The third-order valence-corrected chi connectivity index (χ3v) is 0.718. The highest BCUT2D eigenvalue weighted by atomic mass is 16.5. The van der Waals surface area contributed by atoms with Crippen LogP contribution in [0.2, 0.25) is 0 Å². The van der Waals surface area contributed by atoms with Crippen molar-refractivity contribution >= 4 is 18.3 Å². The van der Waals surface area contributed by atoms with Gasteiger partial charge < -0.3 is 4.74 Å². The largest absolute Gasteiger partial charge is 0.375 e. The fourth-order valence-corrected chi connectivity index (χ4v) is 0.383. The Morgan fingerprint density at radius 2 is 2.18 bits per heavy atom. The van der Waals surface area contributed by atoms with E-state index in [9.17, 15) is 14.4 Å². The number of hydrogen-bond donors (Lipinski definition) is 2. The lowest BCUT2D eigenvalue weighted by Crippen LogP contribution is -2.40. The summed E-state index contributed by atoms with van der Waals surface area (Å²) >= 11 is 0. The van der Waals surface area contributed by atoms with Gasteiger partial charge in [-0.25, -0.2) is 4.79 Å². The highest BCUT2D eigenvalue weighted by Gasteiger charge is 2.04. The summed E-state index contributed by atoms with van der Waals surface area (Å²) in [5.41, 5.74) is 0. The Morgan fingerprint density at radius 1 is 1.55 bits per heavy atom. The van der Waals surface area contributed by atoms with Crippen LogP contribution in [0.25, 0.3) is 0 Å². The molecular formula is C5H8N2O4. The molecule has 0 heterocycles. The normalized spacial score (nSPS) is 8.45. The number of amides is 4. The van der Waals surface area contributed by atoms with Crippen LogP contribution in [-0.2, 0) is 14.3 Å². The van der Waals surface area contributed by atoms with Gasteiger partial charge in [0.25, 0.3) is 5.91 Å². The van der Waals surface area contributed by atoms with Gasteiger partial charge in [0.2, 0.25) is 6.41 Å². The van der Waals surface area contributed by atoms with Crippen molar-refractivity contribution in [3.8, 4) is 0 Å². The molecule has 0 aromatic carbocycles. The molecule has 0 unspecified atom stereocenters. The van der Waals surface area contributed by atoms with Crippen LogP contribution in [-0.4, -0.2) is 32.1 Å². The van der Waals surface area contributed by atoms with Gasteiger partial charge in [-0.2, -0.15) is 0 Å². The number of carbonyl (C=O) groups excluding carboxylic acids is 3. The van der Waals surface area contributed by atoms with Gasteiger partial charge in [-0.05, 0) is 0 Å². The molecule has 0 saturated heterocycles. The van der Waals surface area contributed by atoms with Gasteiger partial charge in [-0.1, -0.05) is 0 Å². The molecule has 0 saturated carbocycles. The molecule has 0 aromatic heterocycles. The summed E-state index contributed by atoms with van der Waals surface area (Å²) in [7, 11) is 1.32. The number of rotatable bonds is 3. The molecule has 0 atom stereocenters. The molecule has 2 N–H and O–H groups in total. The minimum atomic E-state index is -0.859. The number of methoxy groups -OCH3 is 1. The second-order valence-corrected chi connectivity index (χ2v) is 1.57. The predicted molar refractivity (Wildman–Crippen MR) is 34.6 cm³/mol. The van der Waals surface area contributed by atoms with Crippen molar-refractivity contribution in [3.05, 3.63) is 0 Å². The molecule has 0 fully saturated rings. The SMILES string of the molecule is COCC(=O)NC(=O)NC=O. The molecule has 0 aliphatic carbocycles. The van der Waals surface area contributed by atoms with E-state index in [1.54, 1.807) is 5.32 Å². The van der Waals surface area contributed by atoms with Crippen LogP contribution in [0, 0.1) is 0 Å². The van der Waals surface area contributed by atoms with Crippen LogP contribution < -0.4 is 10.6 Å². The summed E-state index contributed by atoms with van der Waals surface area (Å²) in [5, 5.41) is 3.56. The van der Waals surface area contributed by atoms with Crippen molar-refractivity contribution in [1.82, 2.24) is 10.6 Å². The number of nitrogens with one attached hydrogen (secondary N) is 2. The van der Waals surface area contributed by atoms with E-state index in [1.807, 2.05) is 5.32 Å². The molecule has 0 rings (SSSR count). The van der Waals surface area contributed by atoms with Crippen LogP contribution in [0.15, 0.2) is 0 Å². The van der Waals surface area contributed by atoms with Crippen molar-refractivity contribution in [1.29, 1.82) is 0 Å². The first kappa shape index (κ1) is 9.57. The highest BCUT2D eigenvalue weighted by Crippen LogP contribution is 1.68. The summed E-state index contributed by atoms with van der Waals surface area (Å²) in [6, 6.07) is -0.859. The van der Waals surface area contributed by atoms with E-state index in [0.29, 0.717) is 0 Å². The summed E-state index contributed by atoms with van der Waals surface area (Å²) in [4.78, 5) is 30.6. The Bertz CT molecular complexity index is 168. The zero-order chi connectivity index (χ0) is 8.69. The van der Waals surface area contributed by atoms with Crippen LogP contribution in [0.1, 0.15) is 0 Å². The van der Waals surface area contributed by atoms with Gasteiger partial charge in [0, 0.05) is 7.11 Å². The molecule has 0 aliphatic heterocycles. The van der Waals surface area contributed by atoms with Crippen molar-refractivity contribution in [2.24, 2.45) is 0 Å². The van der Waals surface area contributed by atoms with Crippen molar-refractivity contribution in [3.63, 3.8) is 0 Å². The summed E-state index contributed by atoms with van der Waals surface area (Å²) in [6.45, 7) is -0.216. The molecular weight excluding hydrogens is 152 g/mol. The van der Waals surface area contributed by atoms with Crippen LogP contribution in [0.5, 0.6) is 0 Å². The van der Waals surface area contributed by atoms with E-state index in [4.69, 9.17) is 0 Å². The fourth-order valence-electron chi connectivity index (χ4n) is 0.383. The molecule has 0 bridgehead atoms. The van der Waals surface area contributed by atoms with Gasteiger partial charge in [0.15, 0.2) is 0 Å². The Hall–Kier alpha value is -1.43. The van der Waals surface area contributed by atoms with Gasteiger partial charge in [-0.15, -0.1) is 0 Å². The van der Waals surface area contributed by atoms with E-state index in [-0.39, 0.29) is 13.0 Å². The summed E-state index contributed by atoms with van der Waals surface area (Å²) < 4.78 is 4.40. The molecule has 0 aromatic rings. The Labute approximate surface area is 62.9 Å². The Balaban J connectivity index is 3.57. The third-order valence-electron chi connectivity index (χ3n) is 0.718. The van der Waals surface area contributed by atoms with Gasteiger partial charge >= 0.3 is 6.03 Å². The minimum Gasteiger partial charge on any atom is -0.375 e.